The molecular weight excluding hydrogens is 585 g/mol. The number of aromatic nitrogens is 2. The maximum atomic E-state index is 10.4. The van der Waals surface area contributed by atoms with Crippen molar-refractivity contribution in [1.82, 2.24) is 9.13 Å². The van der Waals surface area contributed by atoms with E-state index in [9.17, 15) is 10.5 Å². The Bertz CT molecular complexity index is 2790. The molecule has 2 aromatic heterocycles. The predicted octanol–water partition coefficient (Wildman–Crippen LogP) is 11.0. The highest BCUT2D eigenvalue weighted by Gasteiger charge is 2.22. The molecule has 7 aromatic carbocycles. The Kier molecular flexibility index (Phi) is 6.22. The van der Waals surface area contributed by atoms with Gasteiger partial charge in [-0.3, -0.25) is 0 Å². The van der Waals surface area contributed by atoms with Crippen LogP contribution in [0.3, 0.4) is 0 Å². The van der Waals surface area contributed by atoms with E-state index < -0.39 is 0 Å². The van der Waals surface area contributed by atoms with E-state index in [2.05, 4.69) is 130 Å². The van der Waals surface area contributed by atoms with Gasteiger partial charge in [0.1, 0.15) is 6.07 Å². The quantitative estimate of drug-likeness (QED) is 0.199. The summed E-state index contributed by atoms with van der Waals surface area (Å²) in [6.45, 7) is 0. The average molecular weight is 611 g/mol. The van der Waals surface area contributed by atoms with Crippen molar-refractivity contribution in [3.63, 3.8) is 0 Å². The van der Waals surface area contributed by atoms with E-state index in [0.717, 1.165) is 66.5 Å². The van der Waals surface area contributed by atoms with Gasteiger partial charge in [0.25, 0.3) is 0 Å². The lowest BCUT2D eigenvalue weighted by atomic mass is 9.95. The van der Waals surface area contributed by atoms with Gasteiger partial charge >= 0.3 is 0 Å². The number of hydrogen-bond acceptors (Lipinski definition) is 2. The van der Waals surface area contributed by atoms with Crippen molar-refractivity contribution in [3.8, 4) is 45.8 Å². The molecule has 0 radical (unpaired) electrons. The molecule has 0 bridgehead atoms. The van der Waals surface area contributed by atoms with Crippen molar-refractivity contribution >= 4 is 43.6 Å². The smallest absolute Gasteiger partial charge is 0.101 e. The second-order valence-electron chi connectivity index (χ2n) is 12.0. The summed E-state index contributed by atoms with van der Waals surface area (Å²) in [4.78, 5) is 0. The summed E-state index contributed by atoms with van der Waals surface area (Å²) >= 11 is 0. The third-order valence-corrected chi connectivity index (χ3v) is 9.35. The van der Waals surface area contributed by atoms with Gasteiger partial charge in [-0.05, 0) is 82.9 Å². The van der Waals surface area contributed by atoms with Crippen LogP contribution in [0.2, 0.25) is 0 Å². The van der Waals surface area contributed by atoms with Gasteiger partial charge in [0.2, 0.25) is 0 Å². The monoisotopic (exact) mass is 610 g/mol. The van der Waals surface area contributed by atoms with Crippen LogP contribution in [0.5, 0.6) is 0 Å². The number of nitrogens with zero attached hydrogens (tertiary/aromatic N) is 4. The number of hydrogen-bond donors (Lipinski definition) is 0. The maximum Gasteiger partial charge on any atom is 0.101 e. The average Bonchev–Trinajstić information content (AvgIpc) is 3.68. The Morgan fingerprint density at radius 1 is 0.417 bits per heavy atom. The van der Waals surface area contributed by atoms with Gasteiger partial charge in [-0.15, -0.1) is 0 Å². The first kappa shape index (κ1) is 27.4. The number of rotatable bonds is 4. The molecule has 0 unspecified atom stereocenters. The highest BCUT2D eigenvalue weighted by molar-refractivity contribution is 6.26. The summed E-state index contributed by atoms with van der Waals surface area (Å²) in [6.07, 6.45) is 0. The Hall–Kier alpha value is -6.88. The van der Waals surface area contributed by atoms with E-state index in [1.54, 1.807) is 0 Å². The summed E-state index contributed by atoms with van der Waals surface area (Å²) in [6, 6.07) is 58.8. The number of para-hydroxylation sites is 3. The van der Waals surface area contributed by atoms with E-state index in [1.807, 2.05) is 48.5 Å². The Morgan fingerprint density at radius 3 is 1.79 bits per heavy atom. The van der Waals surface area contributed by atoms with Crippen LogP contribution in [0.25, 0.3) is 77.2 Å². The van der Waals surface area contributed by atoms with Gasteiger partial charge < -0.3 is 9.13 Å². The minimum atomic E-state index is 0.574. The van der Waals surface area contributed by atoms with Gasteiger partial charge in [-0.2, -0.15) is 10.5 Å². The first-order chi connectivity index (χ1) is 23.7. The van der Waals surface area contributed by atoms with Crippen molar-refractivity contribution in [2.45, 2.75) is 0 Å². The summed E-state index contributed by atoms with van der Waals surface area (Å²) in [7, 11) is 0. The second-order valence-corrected chi connectivity index (χ2v) is 12.0. The van der Waals surface area contributed by atoms with Gasteiger partial charge in [-0.1, -0.05) is 97.1 Å². The van der Waals surface area contributed by atoms with Crippen molar-refractivity contribution in [1.29, 1.82) is 10.5 Å². The lowest BCUT2D eigenvalue weighted by Gasteiger charge is -2.14. The first-order valence-electron chi connectivity index (χ1n) is 15.9. The zero-order valence-electron chi connectivity index (χ0n) is 25.8. The highest BCUT2D eigenvalue weighted by Crippen LogP contribution is 2.42. The van der Waals surface area contributed by atoms with Crippen LogP contribution in [-0.2, 0) is 0 Å². The largest absolute Gasteiger partial charge is 0.309 e. The van der Waals surface area contributed by atoms with E-state index in [1.165, 1.54) is 10.8 Å². The third-order valence-electron chi connectivity index (χ3n) is 9.35. The first-order valence-corrected chi connectivity index (χ1v) is 15.9. The van der Waals surface area contributed by atoms with Gasteiger partial charge in [0.05, 0.1) is 45.0 Å². The molecule has 2 heterocycles. The third kappa shape index (κ3) is 4.14. The van der Waals surface area contributed by atoms with Crippen LogP contribution >= 0.6 is 0 Å². The second kappa shape index (κ2) is 10.9. The van der Waals surface area contributed by atoms with Crippen molar-refractivity contribution in [2.75, 3.05) is 0 Å². The standard InChI is InChI=1S/C44H26N4/c45-27-29-23-33(30-11-3-1-4-12-30)25-34(24-29)31-19-20-32(28-46)42(26-31)48-40-18-10-8-16-38(40)43-41(48)22-21-37-36-15-7-9-17-39(36)47(44(37)43)35-13-5-2-6-14-35/h1-26H. The van der Waals surface area contributed by atoms with Crippen molar-refractivity contribution in [3.05, 3.63) is 169 Å². The summed E-state index contributed by atoms with van der Waals surface area (Å²) in [5.74, 6) is 0. The fraction of sp³-hybridized carbons (Fsp3) is 0. The molecule has 0 N–H and O–H groups in total. The predicted molar refractivity (Wildman–Crippen MR) is 195 cm³/mol. The molecule has 0 atom stereocenters. The van der Waals surface area contributed by atoms with Crippen molar-refractivity contribution in [2.24, 2.45) is 0 Å². The molecule has 48 heavy (non-hydrogen) atoms. The van der Waals surface area contributed by atoms with Crippen molar-refractivity contribution < 1.29 is 0 Å². The van der Waals surface area contributed by atoms with Gasteiger partial charge in [0.15, 0.2) is 0 Å². The van der Waals surface area contributed by atoms with Crippen LogP contribution in [-0.4, -0.2) is 9.13 Å². The molecule has 0 saturated heterocycles. The summed E-state index contributed by atoms with van der Waals surface area (Å²) in [5.41, 5.74) is 11.3. The molecular formula is C44H26N4. The molecule has 0 aliphatic rings. The Balaban J connectivity index is 1.36. The minimum absolute atomic E-state index is 0.574. The van der Waals surface area contributed by atoms with E-state index in [4.69, 9.17) is 0 Å². The molecule has 0 saturated carbocycles. The molecule has 4 heteroatoms. The topological polar surface area (TPSA) is 57.4 Å². The minimum Gasteiger partial charge on any atom is -0.309 e. The number of fused-ring (bicyclic) bond motifs is 7. The molecule has 9 rings (SSSR count). The summed E-state index contributed by atoms with van der Waals surface area (Å²) < 4.78 is 4.59. The van der Waals surface area contributed by atoms with Gasteiger partial charge in [-0.25, -0.2) is 0 Å². The molecule has 0 amide bonds. The normalized spacial score (nSPS) is 11.3. The maximum absolute atomic E-state index is 10.4. The van der Waals surface area contributed by atoms with Crippen LogP contribution in [0, 0.1) is 22.7 Å². The molecule has 9 aromatic rings. The lowest BCUT2D eigenvalue weighted by molar-refractivity contribution is 1.16. The molecule has 0 spiro atoms. The van der Waals surface area contributed by atoms with E-state index in [0.29, 0.717) is 11.1 Å². The molecule has 0 fully saturated rings. The number of benzene rings is 7. The van der Waals surface area contributed by atoms with Crippen LogP contribution in [0.4, 0.5) is 0 Å². The fourth-order valence-electron chi connectivity index (χ4n) is 7.26. The SMILES string of the molecule is N#Cc1cc(-c2ccccc2)cc(-c2ccc(C#N)c(-n3c4ccccc4c4c3ccc3c5ccccc5n(-c5ccccc5)c34)c2)c1. The van der Waals surface area contributed by atoms with Crippen LogP contribution in [0.1, 0.15) is 11.1 Å². The molecule has 0 aliphatic heterocycles. The zero-order valence-corrected chi connectivity index (χ0v) is 25.8. The summed E-state index contributed by atoms with van der Waals surface area (Å²) in [5, 5.41) is 25.0. The number of nitriles is 2. The Morgan fingerprint density at radius 2 is 1.06 bits per heavy atom. The highest BCUT2D eigenvalue weighted by atomic mass is 15.0. The van der Waals surface area contributed by atoms with Crippen LogP contribution < -0.4 is 0 Å². The fourth-order valence-corrected chi connectivity index (χ4v) is 7.26. The zero-order chi connectivity index (χ0) is 32.2. The molecule has 4 nitrogen and oxygen atoms in total. The molecule has 222 valence electrons. The van der Waals surface area contributed by atoms with E-state index in [-0.39, 0.29) is 0 Å². The Labute approximate surface area is 277 Å². The van der Waals surface area contributed by atoms with Crippen LogP contribution in [0.15, 0.2) is 158 Å². The molecule has 0 aliphatic carbocycles. The van der Waals surface area contributed by atoms with Gasteiger partial charge in [0, 0.05) is 27.2 Å². The lowest BCUT2D eigenvalue weighted by Crippen LogP contribution is -1.99. The van der Waals surface area contributed by atoms with E-state index >= 15 is 0 Å².